The van der Waals surface area contributed by atoms with Crippen molar-refractivity contribution >= 4 is 47.8 Å². The normalized spacial score (nSPS) is 28.5. The summed E-state index contributed by atoms with van der Waals surface area (Å²) in [6.45, 7) is 8.14. The van der Waals surface area contributed by atoms with E-state index in [1.54, 1.807) is 0 Å². The van der Waals surface area contributed by atoms with Crippen molar-refractivity contribution in [3.8, 4) is 0 Å². The number of carbonyl (C=O) groups is 1. The molecule has 1 unspecified atom stereocenters. The lowest BCUT2D eigenvalue weighted by molar-refractivity contribution is 0.0621. The Labute approximate surface area is 183 Å². The van der Waals surface area contributed by atoms with Gasteiger partial charge in [0.15, 0.2) is 5.58 Å². The molecule has 29 heavy (non-hydrogen) atoms. The minimum atomic E-state index is -0.0347. The van der Waals surface area contributed by atoms with Crippen LogP contribution in [0.15, 0.2) is 22.6 Å². The third-order valence-corrected chi connectivity index (χ3v) is 6.37. The number of anilines is 1. The van der Waals surface area contributed by atoms with E-state index < -0.39 is 0 Å². The zero-order valence-electron chi connectivity index (χ0n) is 16.6. The van der Waals surface area contributed by atoms with E-state index in [1.165, 1.54) is 25.9 Å². The lowest BCUT2D eigenvalue weighted by atomic mass is 9.84. The molecular weight excluding hydrogens is 413 g/mol. The number of amides is 1. The van der Waals surface area contributed by atoms with Crippen LogP contribution in [0.25, 0.3) is 11.1 Å². The fraction of sp³-hybridized carbons (Fsp3) is 0.600. The molecule has 7 nitrogen and oxygen atoms in total. The zero-order chi connectivity index (χ0) is 18.4. The van der Waals surface area contributed by atoms with Crippen LogP contribution in [0, 0.1) is 5.92 Å². The van der Waals surface area contributed by atoms with Crippen molar-refractivity contribution in [2.75, 3.05) is 44.2 Å². The topological polar surface area (TPSA) is 73.6 Å². The van der Waals surface area contributed by atoms with Crippen molar-refractivity contribution in [2.24, 2.45) is 5.92 Å². The molecule has 4 fully saturated rings. The fourth-order valence-electron chi connectivity index (χ4n) is 4.74. The third kappa shape index (κ3) is 4.19. The summed E-state index contributed by atoms with van der Waals surface area (Å²) in [5, 5.41) is 6.65. The molecular formula is C20H29Cl2N5O2. The zero-order valence-corrected chi connectivity index (χ0v) is 18.2. The third-order valence-electron chi connectivity index (χ3n) is 6.37. The van der Waals surface area contributed by atoms with Gasteiger partial charge in [-0.1, -0.05) is 6.07 Å². The summed E-state index contributed by atoms with van der Waals surface area (Å²) in [6, 6.07) is 6.80. The molecule has 2 aromatic rings. The van der Waals surface area contributed by atoms with E-state index >= 15 is 0 Å². The van der Waals surface area contributed by atoms with E-state index in [0.29, 0.717) is 34.6 Å². The molecule has 4 saturated heterocycles. The first-order valence-electron chi connectivity index (χ1n) is 10.1. The molecule has 0 aliphatic carbocycles. The van der Waals surface area contributed by atoms with E-state index in [2.05, 4.69) is 27.4 Å². The van der Waals surface area contributed by atoms with Crippen LogP contribution >= 0.6 is 24.8 Å². The summed E-state index contributed by atoms with van der Waals surface area (Å²) in [7, 11) is 0. The summed E-state index contributed by atoms with van der Waals surface area (Å²) in [4.78, 5) is 22.3. The molecule has 1 aromatic carbocycles. The summed E-state index contributed by atoms with van der Waals surface area (Å²) in [5.74, 6) is 0.570. The standard InChI is InChI=1S/C20H27N5O2.2ClH/c1-13-11-21-7-10-25(13)20-23-18-15(3-2-4-17(18)27-20)19(26)22-16-12-24-8-5-14(16)6-9-24;;/h2-4,13-14,16,21H,5-12H2,1H3,(H,22,26);2*1H/t13-,16?;;/m0../s1. The van der Waals surface area contributed by atoms with Crippen molar-refractivity contribution in [3.63, 3.8) is 0 Å². The van der Waals surface area contributed by atoms with E-state index in [0.717, 1.165) is 26.2 Å². The molecule has 160 valence electrons. The highest BCUT2D eigenvalue weighted by molar-refractivity contribution is 6.04. The maximum atomic E-state index is 13.0. The smallest absolute Gasteiger partial charge is 0.298 e. The molecule has 0 radical (unpaired) electrons. The minimum absolute atomic E-state index is 0. The van der Waals surface area contributed by atoms with E-state index in [-0.39, 0.29) is 36.8 Å². The van der Waals surface area contributed by atoms with Crippen molar-refractivity contribution in [3.05, 3.63) is 23.8 Å². The summed E-state index contributed by atoms with van der Waals surface area (Å²) >= 11 is 0. The van der Waals surface area contributed by atoms with E-state index in [9.17, 15) is 4.79 Å². The van der Waals surface area contributed by atoms with Gasteiger partial charge in [-0.2, -0.15) is 4.98 Å². The maximum Gasteiger partial charge on any atom is 0.298 e. The Kier molecular flexibility index (Phi) is 6.94. The number of hydrogen-bond donors (Lipinski definition) is 2. The molecule has 4 aliphatic heterocycles. The van der Waals surface area contributed by atoms with Crippen LogP contribution in [0.1, 0.15) is 30.1 Å². The quantitative estimate of drug-likeness (QED) is 0.760. The number of rotatable bonds is 3. The molecule has 5 heterocycles. The molecule has 0 saturated carbocycles. The number of benzene rings is 1. The lowest BCUT2D eigenvalue weighted by Gasteiger charge is -2.44. The Morgan fingerprint density at radius 2 is 2.03 bits per heavy atom. The van der Waals surface area contributed by atoms with Crippen LogP contribution < -0.4 is 15.5 Å². The number of hydrogen-bond acceptors (Lipinski definition) is 6. The Balaban J connectivity index is 0.00000120. The Bertz CT molecular complexity index is 853. The monoisotopic (exact) mass is 441 g/mol. The van der Waals surface area contributed by atoms with Gasteiger partial charge in [-0.3, -0.25) is 4.79 Å². The number of oxazole rings is 1. The number of carbonyl (C=O) groups excluding carboxylic acids is 1. The molecule has 2 bridgehead atoms. The molecule has 4 aliphatic rings. The van der Waals surface area contributed by atoms with Gasteiger partial charge in [-0.05, 0) is 50.9 Å². The number of halogens is 2. The molecule has 1 aromatic heterocycles. The van der Waals surface area contributed by atoms with Crippen LogP contribution in [0.4, 0.5) is 6.01 Å². The largest absolute Gasteiger partial charge is 0.423 e. The molecule has 2 N–H and O–H groups in total. The Morgan fingerprint density at radius 3 is 2.72 bits per heavy atom. The highest BCUT2D eigenvalue weighted by Crippen LogP contribution is 2.29. The number of piperazine rings is 1. The van der Waals surface area contributed by atoms with Crippen LogP contribution in [0.2, 0.25) is 0 Å². The van der Waals surface area contributed by atoms with Gasteiger partial charge in [0.2, 0.25) is 0 Å². The molecule has 0 spiro atoms. The number of para-hydroxylation sites is 1. The second kappa shape index (κ2) is 9.08. The van der Waals surface area contributed by atoms with Crippen molar-refractivity contribution in [1.29, 1.82) is 0 Å². The fourth-order valence-corrected chi connectivity index (χ4v) is 4.74. The van der Waals surface area contributed by atoms with Crippen LogP contribution in [0.3, 0.4) is 0 Å². The highest BCUT2D eigenvalue weighted by Gasteiger charge is 2.35. The van der Waals surface area contributed by atoms with Gasteiger partial charge in [0.1, 0.15) is 5.52 Å². The second-order valence-electron chi connectivity index (χ2n) is 8.11. The number of nitrogens with one attached hydrogen (secondary N) is 2. The van der Waals surface area contributed by atoms with Gasteiger partial charge in [0.05, 0.1) is 5.56 Å². The van der Waals surface area contributed by atoms with Crippen LogP contribution in [0.5, 0.6) is 0 Å². The van der Waals surface area contributed by atoms with E-state index in [4.69, 9.17) is 9.40 Å². The summed E-state index contributed by atoms with van der Waals surface area (Å²) in [6.07, 6.45) is 2.37. The predicted molar refractivity (Wildman–Crippen MR) is 119 cm³/mol. The molecule has 1 amide bonds. The molecule has 2 atom stereocenters. The summed E-state index contributed by atoms with van der Waals surface area (Å²) in [5.41, 5.74) is 1.95. The Morgan fingerprint density at radius 1 is 1.24 bits per heavy atom. The first kappa shape index (κ1) is 22.2. The van der Waals surface area contributed by atoms with Crippen molar-refractivity contribution in [2.45, 2.75) is 31.8 Å². The minimum Gasteiger partial charge on any atom is -0.423 e. The maximum absolute atomic E-state index is 13.0. The number of fused-ring (bicyclic) bond motifs is 4. The second-order valence-corrected chi connectivity index (χ2v) is 8.11. The SMILES string of the molecule is C[C@H]1CNCCN1c1nc2c(C(=O)NC3CN4CCC3CC4)cccc2o1.Cl.Cl. The average Bonchev–Trinajstić information content (AvgIpc) is 3.13. The predicted octanol–water partition coefficient (Wildman–Crippen LogP) is 2.29. The van der Waals surface area contributed by atoms with Gasteiger partial charge in [0, 0.05) is 38.3 Å². The number of piperidine rings is 3. The number of nitrogens with zero attached hydrogens (tertiary/aromatic N) is 3. The van der Waals surface area contributed by atoms with Crippen LogP contribution in [-0.4, -0.2) is 67.1 Å². The Hall–Kier alpha value is -1.54. The van der Waals surface area contributed by atoms with Gasteiger partial charge in [-0.15, -0.1) is 24.8 Å². The molecule has 9 heteroatoms. The highest BCUT2D eigenvalue weighted by atomic mass is 35.5. The van der Waals surface area contributed by atoms with Crippen molar-refractivity contribution < 1.29 is 9.21 Å². The number of aromatic nitrogens is 1. The summed E-state index contributed by atoms with van der Waals surface area (Å²) < 4.78 is 6.01. The first-order chi connectivity index (χ1) is 13.2. The van der Waals surface area contributed by atoms with Crippen LogP contribution in [-0.2, 0) is 0 Å². The lowest BCUT2D eigenvalue weighted by Crippen LogP contribution is -2.57. The average molecular weight is 442 g/mol. The van der Waals surface area contributed by atoms with Gasteiger partial charge >= 0.3 is 0 Å². The van der Waals surface area contributed by atoms with Gasteiger partial charge in [-0.25, -0.2) is 0 Å². The molecule has 6 rings (SSSR count). The van der Waals surface area contributed by atoms with Gasteiger partial charge in [0.25, 0.3) is 11.9 Å². The van der Waals surface area contributed by atoms with E-state index in [1.807, 2.05) is 18.2 Å². The van der Waals surface area contributed by atoms with Crippen molar-refractivity contribution in [1.82, 2.24) is 20.5 Å². The first-order valence-corrected chi connectivity index (χ1v) is 10.1. The van der Waals surface area contributed by atoms with Gasteiger partial charge < -0.3 is 24.9 Å².